The van der Waals surface area contributed by atoms with Gasteiger partial charge in [-0.2, -0.15) is 16.9 Å². The van der Waals surface area contributed by atoms with Gasteiger partial charge >= 0.3 is 0 Å². The molecule has 0 aromatic carbocycles. The summed E-state index contributed by atoms with van der Waals surface area (Å²) in [6, 6.07) is 0.339. The van der Waals surface area contributed by atoms with Gasteiger partial charge in [0.25, 0.3) is 0 Å². The summed E-state index contributed by atoms with van der Waals surface area (Å²) < 4.78 is 3.23. The van der Waals surface area contributed by atoms with Gasteiger partial charge < -0.3 is 10.2 Å². The fourth-order valence-corrected chi connectivity index (χ4v) is 3.39. The Balaban J connectivity index is 2.84. The zero-order valence-corrected chi connectivity index (χ0v) is 15.6. The van der Waals surface area contributed by atoms with Gasteiger partial charge in [0.1, 0.15) is 0 Å². The second-order valence-corrected chi connectivity index (χ2v) is 7.86. The Labute approximate surface area is 135 Å². The van der Waals surface area contributed by atoms with E-state index < -0.39 is 0 Å². The average Bonchev–Trinajstić information content (AvgIpc) is 2.73. The Hall–Kier alpha value is -0.0400. The largest absolute Gasteiger partial charge is 0.308 e. The van der Waals surface area contributed by atoms with E-state index in [-0.39, 0.29) is 0 Å². The zero-order chi connectivity index (χ0) is 15.1. The quantitative estimate of drug-likeness (QED) is 0.731. The fraction of sp³-hybridized carbons (Fsp3) is 0.786. The summed E-state index contributed by atoms with van der Waals surface area (Å²) >= 11 is 5.64. The molecule has 4 nitrogen and oxygen atoms in total. The molecule has 1 aromatic heterocycles. The lowest BCUT2D eigenvalue weighted by atomic mass is 10.2. The van der Waals surface area contributed by atoms with Gasteiger partial charge in [0.15, 0.2) is 0 Å². The molecule has 0 aliphatic rings. The summed E-state index contributed by atoms with van der Waals surface area (Å²) in [5.74, 6) is 1.07. The topological polar surface area (TPSA) is 33.1 Å². The lowest BCUT2D eigenvalue weighted by molar-refractivity contribution is 0.364. The van der Waals surface area contributed by atoms with Crippen molar-refractivity contribution in [2.75, 3.05) is 32.9 Å². The van der Waals surface area contributed by atoms with Gasteiger partial charge in [-0.3, -0.25) is 4.68 Å². The molecule has 0 aliphatic carbocycles. The van der Waals surface area contributed by atoms with E-state index in [0.717, 1.165) is 29.9 Å². The van der Waals surface area contributed by atoms with E-state index in [0.29, 0.717) is 11.3 Å². The van der Waals surface area contributed by atoms with Crippen LogP contribution in [-0.2, 0) is 6.54 Å². The zero-order valence-electron chi connectivity index (χ0n) is 13.2. The molecular weight excluding hydrogens is 336 g/mol. The van der Waals surface area contributed by atoms with E-state index >= 15 is 0 Å². The van der Waals surface area contributed by atoms with Gasteiger partial charge in [0.2, 0.25) is 0 Å². The first-order valence-electron chi connectivity index (χ1n) is 7.16. The molecule has 1 rings (SSSR count). The Kier molecular flexibility index (Phi) is 8.17. The second kappa shape index (κ2) is 9.07. The highest BCUT2D eigenvalue weighted by Crippen LogP contribution is 2.27. The predicted octanol–water partition coefficient (Wildman–Crippen LogP) is 3.00. The van der Waals surface area contributed by atoms with Crippen LogP contribution in [0.15, 0.2) is 10.7 Å². The molecule has 116 valence electrons. The standard InChI is InChI=1S/C14H27BrN4S/c1-6-16-13(10-20-11(2)3)14-12(15)9-17-19(14)8-7-18(4)5/h9,11,13,16H,6-8,10H2,1-5H3. The van der Waals surface area contributed by atoms with Crippen LogP contribution in [0.2, 0.25) is 0 Å². The van der Waals surface area contributed by atoms with Crippen molar-refractivity contribution < 1.29 is 0 Å². The van der Waals surface area contributed by atoms with Crippen molar-refractivity contribution in [1.82, 2.24) is 20.0 Å². The lowest BCUT2D eigenvalue weighted by Crippen LogP contribution is -2.28. The number of nitrogens with zero attached hydrogens (tertiary/aromatic N) is 3. The molecule has 1 heterocycles. The van der Waals surface area contributed by atoms with Crippen LogP contribution in [0.1, 0.15) is 32.5 Å². The maximum absolute atomic E-state index is 4.51. The number of likely N-dealkylation sites (N-methyl/N-ethyl adjacent to an activating group) is 1. The van der Waals surface area contributed by atoms with Crippen molar-refractivity contribution in [1.29, 1.82) is 0 Å². The summed E-state index contributed by atoms with van der Waals surface area (Å²) in [6.45, 7) is 9.52. The van der Waals surface area contributed by atoms with Gasteiger partial charge in [0.05, 0.1) is 29.0 Å². The van der Waals surface area contributed by atoms with Crippen LogP contribution in [0.3, 0.4) is 0 Å². The molecule has 1 unspecified atom stereocenters. The molecule has 1 aromatic rings. The van der Waals surface area contributed by atoms with E-state index in [1.807, 2.05) is 18.0 Å². The molecule has 0 saturated carbocycles. The lowest BCUT2D eigenvalue weighted by Gasteiger charge is -2.21. The van der Waals surface area contributed by atoms with E-state index in [1.54, 1.807) is 0 Å². The van der Waals surface area contributed by atoms with Crippen molar-refractivity contribution in [3.63, 3.8) is 0 Å². The van der Waals surface area contributed by atoms with Gasteiger partial charge in [-0.15, -0.1) is 0 Å². The Morgan fingerprint density at radius 3 is 2.70 bits per heavy atom. The first-order valence-corrected chi connectivity index (χ1v) is 9.00. The number of thioether (sulfide) groups is 1. The van der Waals surface area contributed by atoms with Crippen LogP contribution < -0.4 is 5.32 Å². The third-order valence-corrected chi connectivity index (χ3v) is 4.77. The Morgan fingerprint density at radius 1 is 1.45 bits per heavy atom. The van der Waals surface area contributed by atoms with Gasteiger partial charge in [-0.25, -0.2) is 0 Å². The van der Waals surface area contributed by atoms with Crippen LogP contribution in [0, 0.1) is 0 Å². The van der Waals surface area contributed by atoms with Crippen molar-refractivity contribution in [3.8, 4) is 0 Å². The molecule has 1 atom stereocenters. The molecule has 0 amide bonds. The van der Waals surface area contributed by atoms with Crippen molar-refractivity contribution in [2.24, 2.45) is 0 Å². The average molecular weight is 363 g/mol. The van der Waals surface area contributed by atoms with Crippen LogP contribution in [0.25, 0.3) is 0 Å². The predicted molar refractivity (Wildman–Crippen MR) is 92.5 cm³/mol. The molecular formula is C14H27BrN4S. The number of nitrogens with one attached hydrogen (secondary N) is 1. The maximum Gasteiger partial charge on any atom is 0.0704 e. The van der Waals surface area contributed by atoms with Gasteiger partial charge in [-0.05, 0) is 41.8 Å². The molecule has 0 saturated heterocycles. The highest BCUT2D eigenvalue weighted by molar-refractivity contribution is 9.10. The van der Waals surface area contributed by atoms with E-state index in [2.05, 4.69) is 70.8 Å². The summed E-state index contributed by atoms with van der Waals surface area (Å²) in [5.41, 5.74) is 1.27. The molecule has 0 spiro atoms. The number of halogens is 1. The highest BCUT2D eigenvalue weighted by atomic mass is 79.9. The molecule has 20 heavy (non-hydrogen) atoms. The molecule has 1 N–H and O–H groups in total. The van der Waals surface area contributed by atoms with E-state index in [4.69, 9.17) is 0 Å². The third-order valence-electron chi connectivity index (χ3n) is 2.97. The van der Waals surface area contributed by atoms with Crippen LogP contribution in [0.5, 0.6) is 0 Å². The van der Waals surface area contributed by atoms with Crippen molar-refractivity contribution >= 4 is 27.7 Å². The van der Waals surface area contributed by atoms with Crippen LogP contribution in [0.4, 0.5) is 0 Å². The normalized spacial score (nSPS) is 13.4. The SMILES string of the molecule is CCNC(CSC(C)C)c1c(Br)cnn1CCN(C)C. The summed E-state index contributed by atoms with van der Waals surface area (Å²) in [4.78, 5) is 2.19. The van der Waals surface area contributed by atoms with Crippen molar-refractivity contribution in [2.45, 2.75) is 38.6 Å². The fourth-order valence-electron chi connectivity index (χ4n) is 1.96. The number of hydrogen-bond acceptors (Lipinski definition) is 4. The minimum absolute atomic E-state index is 0.339. The maximum atomic E-state index is 4.51. The van der Waals surface area contributed by atoms with E-state index in [9.17, 15) is 0 Å². The summed E-state index contributed by atoms with van der Waals surface area (Å²) in [5, 5.41) is 8.74. The molecule has 0 bridgehead atoms. The molecule has 0 radical (unpaired) electrons. The Morgan fingerprint density at radius 2 is 2.15 bits per heavy atom. The molecule has 0 fully saturated rings. The highest BCUT2D eigenvalue weighted by Gasteiger charge is 2.20. The van der Waals surface area contributed by atoms with Crippen LogP contribution in [-0.4, -0.2) is 52.9 Å². The summed E-state index contributed by atoms with van der Waals surface area (Å²) in [6.07, 6.45) is 1.91. The molecule has 0 aliphatic heterocycles. The van der Waals surface area contributed by atoms with Crippen LogP contribution >= 0.6 is 27.7 Å². The van der Waals surface area contributed by atoms with Crippen molar-refractivity contribution in [3.05, 3.63) is 16.4 Å². The number of aromatic nitrogens is 2. The minimum Gasteiger partial charge on any atom is -0.308 e. The monoisotopic (exact) mass is 362 g/mol. The van der Waals surface area contributed by atoms with Gasteiger partial charge in [-0.1, -0.05) is 20.8 Å². The van der Waals surface area contributed by atoms with Gasteiger partial charge in [0, 0.05) is 12.3 Å². The summed E-state index contributed by atoms with van der Waals surface area (Å²) in [7, 11) is 4.18. The minimum atomic E-state index is 0.339. The number of rotatable bonds is 9. The molecule has 6 heteroatoms. The smallest absolute Gasteiger partial charge is 0.0704 e. The Bertz CT molecular complexity index is 393. The van der Waals surface area contributed by atoms with E-state index in [1.165, 1.54) is 5.69 Å². The first kappa shape index (κ1) is 18.0. The third kappa shape index (κ3) is 5.76. The second-order valence-electron chi connectivity index (χ2n) is 5.40. The first-order chi connectivity index (χ1) is 9.45. The number of hydrogen-bond donors (Lipinski definition) is 1.